The number of hydrogen-bond donors (Lipinski definition) is 2. The maximum atomic E-state index is 11.3. The van der Waals surface area contributed by atoms with Crippen molar-refractivity contribution in [1.29, 1.82) is 0 Å². The topological polar surface area (TPSA) is 57.5 Å². The van der Waals surface area contributed by atoms with E-state index in [1.165, 1.54) is 6.07 Å². The molecule has 0 amide bonds. The Hall–Kier alpha value is -2.07. The maximum Gasteiger partial charge on any atom is 0.336 e. The highest BCUT2D eigenvalue weighted by atomic mass is 79.9. The zero-order valence-electron chi connectivity index (χ0n) is 9.88. The molecule has 0 spiro atoms. The van der Waals surface area contributed by atoms with Gasteiger partial charge >= 0.3 is 5.97 Å². The minimum atomic E-state index is -0.990. The Bertz CT molecular complexity index is 633. The van der Waals surface area contributed by atoms with Crippen molar-refractivity contribution in [2.75, 3.05) is 0 Å². The van der Waals surface area contributed by atoms with Crippen LogP contribution < -0.4 is 0 Å². The third-order valence-corrected chi connectivity index (χ3v) is 3.23. The van der Waals surface area contributed by atoms with Gasteiger partial charge in [0.25, 0.3) is 0 Å². The van der Waals surface area contributed by atoms with Gasteiger partial charge in [0.15, 0.2) is 0 Å². The fourth-order valence-corrected chi connectivity index (χ4v) is 2.06. The number of phenolic OH excluding ortho intramolecular Hbond substituents is 1. The van der Waals surface area contributed by atoms with Crippen LogP contribution in [-0.4, -0.2) is 16.2 Å². The van der Waals surface area contributed by atoms with Crippen molar-refractivity contribution in [3.63, 3.8) is 0 Å². The van der Waals surface area contributed by atoms with Gasteiger partial charge in [0, 0.05) is 0 Å². The van der Waals surface area contributed by atoms with Crippen molar-refractivity contribution in [3.05, 3.63) is 64.1 Å². The Labute approximate surface area is 119 Å². The van der Waals surface area contributed by atoms with Gasteiger partial charge in [-0.2, -0.15) is 0 Å². The summed E-state index contributed by atoms with van der Waals surface area (Å²) in [5.41, 5.74) is 1.54. The SMILES string of the molecule is O=C(O)/C(=C/c1ccc(O)c(Br)c1)c1ccccc1. The monoisotopic (exact) mass is 318 g/mol. The largest absolute Gasteiger partial charge is 0.507 e. The number of carbonyl (C=O) groups is 1. The smallest absolute Gasteiger partial charge is 0.336 e. The van der Waals surface area contributed by atoms with E-state index in [9.17, 15) is 15.0 Å². The molecule has 2 N–H and O–H groups in total. The van der Waals surface area contributed by atoms with E-state index in [1.54, 1.807) is 42.5 Å². The first-order valence-electron chi connectivity index (χ1n) is 5.57. The van der Waals surface area contributed by atoms with Gasteiger partial charge in [0.2, 0.25) is 0 Å². The van der Waals surface area contributed by atoms with Crippen LogP contribution >= 0.6 is 15.9 Å². The molecule has 4 heteroatoms. The minimum Gasteiger partial charge on any atom is -0.507 e. The minimum absolute atomic E-state index is 0.119. The van der Waals surface area contributed by atoms with E-state index >= 15 is 0 Å². The highest BCUT2D eigenvalue weighted by Crippen LogP contribution is 2.26. The van der Waals surface area contributed by atoms with Crippen LogP contribution in [0.4, 0.5) is 0 Å². The molecule has 0 atom stereocenters. The molecule has 0 unspecified atom stereocenters. The van der Waals surface area contributed by atoms with Gasteiger partial charge in [0.1, 0.15) is 5.75 Å². The molecule has 0 heterocycles. The third-order valence-electron chi connectivity index (χ3n) is 2.60. The van der Waals surface area contributed by atoms with Crippen LogP contribution in [-0.2, 0) is 4.79 Å². The average molecular weight is 319 g/mol. The molecule has 0 saturated heterocycles. The van der Waals surface area contributed by atoms with E-state index in [-0.39, 0.29) is 11.3 Å². The molecule has 0 bridgehead atoms. The number of carboxylic acid groups (broad SMARTS) is 1. The molecule has 2 aromatic carbocycles. The summed E-state index contributed by atoms with van der Waals surface area (Å²) in [4.78, 5) is 11.3. The summed E-state index contributed by atoms with van der Waals surface area (Å²) >= 11 is 3.20. The van der Waals surface area contributed by atoms with Crippen molar-refractivity contribution >= 4 is 33.5 Å². The summed E-state index contributed by atoms with van der Waals surface area (Å²) in [5, 5.41) is 18.7. The normalized spacial score (nSPS) is 11.3. The zero-order chi connectivity index (χ0) is 13.8. The van der Waals surface area contributed by atoms with Crippen molar-refractivity contribution in [2.24, 2.45) is 0 Å². The molecule has 0 fully saturated rings. The van der Waals surface area contributed by atoms with E-state index in [2.05, 4.69) is 15.9 Å². The quantitative estimate of drug-likeness (QED) is 0.669. The molecule has 0 saturated carbocycles. The average Bonchev–Trinajstić information content (AvgIpc) is 2.40. The molecule has 0 aromatic heterocycles. The van der Waals surface area contributed by atoms with Crippen molar-refractivity contribution in [1.82, 2.24) is 0 Å². The first kappa shape index (κ1) is 13.4. The summed E-state index contributed by atoms with van der Waals surface area (Å²) in [5.74, 6) is -0.871. The second-order valence-corrected chi connectivity index (χ2v) is 4.79. The lowest BCUT2D eigenvalue weighted by Gasteiger charge is -2.04. The molecule has 0 aliphatic rings. The third kappa shape index (κ3) is 3.23. The molecule has 2 rings (SSSR count). The van der Waals surface area contributed by atoms with Gasteiger partial charge in [0.05, 0.1) is 10.0 Å². The van der Waals surface area contributed by atoms with Crippen molar-refractivity contribution in [3.8, 4) is 5.75 Å². The number of carboxylic acids is 1. The Kier molecular flexibility index (Phi) is 4.02. The van der Waals surface area contributed by atoms with Gasteiger partial charge in [-0.15, -0.1) is 0 Å². The fraction of sp³-hybridized carbons (Fsp3) is 0. The summed E-state index contributed by atoms with van der Waals surface area (Å²) in [6.45, 7) is 0. The predicted molar refractivity (Wildman–Crippen MR) is 77.8 cm³/mol. The number of hydrogen-bond acceptors (Lipinski definition) is 2. The number of halogens is 1. The second kappa shape index (κ2) is 5.71. The molecular weight excluding hydrogens is 308 g/mol. The van der Waals surface area contributed by atoms with Gasteiger partial charge in [-0.1, -0.05) is 36.4 Å². The highest BCUT2D eigenvalue weighted by Gasteiger charge is 2.10. The van der Waals surface area contributed by atoms with E-state index < -0.39 is 5.97 Å². The van der Waals surface area contributed by atoms with Crippen LogP contribution in [0.3, 0.4) is 0 Å². The van der Waals surface area contributed by atoms with Gasteiger partial charge in [-0.25, -0.2) is 4.79 Å². The highest BCUT2D eigenvalue weighted by molar-refractivity contribution is 9.10. The molecule has 0 radical (unpaired) electrons. The van der Waals surface area contributed by atoms with Gasteiger partial charge in [-0.3, -0.25) is 0 Å². The van der Waals surface area contributed by atoms with Crippen molar-refractivity contribution < 1.29 is 15.0 Å². The molecule has 0 aliphatic carbocycles. The molecule has 3 nitrogen and oxygen atoms in total. The van der Waals surface area contributed by atoms with Crippen LogP contribution in [0.25, 0.3) is 11.6 Å². The fourth-order valence-electron chi connectivity index (χ4n) is 1.67. The summed E-state index contributed by atoms with van der Waals surface area (Å²) < 4.78 is 0.527. The lowest BCUT2D eigenvalue weighted by molar-refractivity contribution is -0.130. The Balaban J connectivity index is 2.47. The summed E-state index contributed by atoms with van der Waals surface area (Å²) in [6.07, 6.45) is 1.57. The number of phenols is 1. The van der Waals surface area contributed by atoms with Crippen LogP contribution in [0, 0.1) is 0 Å². The van der Waals surface area contributed by atoms with E-state index in [1.807, 2.05) is 6.07 Å². The van der Waals surface area contributed by atoms with Crippen LogP contribution in [0.1, 0.15) is 11.1 Å². The zero-order valence-corrected chi connectivity index (χ0v) is 11.5. The van der Waals surface area contributed by atoms with Crippen LogP contribution in [0.15, 0.2) is 53.0 Å². The molecular formula is C15H11BrO3. The van der Waals surface area contributed by atoms with Crippen LogP contribution in [0.2, 0.25) is 0 Å². The Morgan fingerprint density at radius 3 is 2.37 bits per heavy atom. The summed E-state index contributed by atoms with van der Waals surface area (Å²) in [7, 11) is 0. The Morgan fingerprint density at radius 1 is 1.11 bits per heavy atom. The standard InChI is InChI=1S/C15H11BrO3/c16-13-9-10(6-7-14(13)17)8-12(15(18)19)11-4-2-1-3-5-11/h1-9,17H,(H,18,19)/b12-8+. The number of rotatable bonds is 3. The number of aromatic hydroxyl groups is 1. The first-order chi connectivity index (χ1) is 9.08. The van der Waals surface area contributed by atoms with Crippen molar-refractivity contribution in [2.45, 2.75) is 0 Å². The molecule has 19 heavy (non-hydrogen) atoms. The predicted octanol–water partition coefficient (Wildman–Crippen LogP) is 3.78. The van der Waals surface area contributed by atoms with Gasteiger partial charge < -0.3 is 10.2 Å². The van der Waals surface area contributed by atoms with E-state index in [0.29, 0.717) is 15.6 Å². The van der Waals surface area contributed by atoms with Crippen LogP contribution in [0.5, 0.6) is 5.75 Å². The number of benzene rings is 2. The molecule has 0 aliphatic heterocycles. The summed E-state index contributed by atoms with van der Waals surface area (Å²) in [6, 6.07) is 13.7. The Morgan fingerprint density at radius 2 is 1.79 bits per heavy atom. The molecule has 96 valence electrons. The number of aliphatic carboxylic acids is 1. The van der Waals surface area contributed by atoms with Gasteiger partial charge in [-0.05, 0) is 45.3 Å². The van der Waals surface area contributed by atoms with E-state index in [4.69, 9.17) is 0 Å². The maximum absolute atomic E-state index is 11.3. The second-order valence-electron chi connectivity index (χ2n) is 3.94. The first-order valence-corrected chi connectivity index (χ1v) is 6.36. The molecule has 2 aromatic rings. The lowest BCUT2D eigenvalue weighted by atomic mass is 10.0. The lowest BCUT2D eigenvalue weighted by Crippen LogP contribution is -1.99. The van der Waals surface area contributed by atoms with E-state index in [0.717, 1.165) is 0 Å².